The molecule has 0 unspecified atom stereocenters. The summed E-state index contributed by atoms with van der Waals surface area (Å²) in [5.41, 5.74) is 7.36. The molecule has 0 aliphatic heterocycles. The van der Waals surface area contributed by atoms with Crippen molar-refractivity contribution in [2.45, 2.75) is 36.5 Å². The van der Waals surface area contributed by atoms with Gasteiger partial charge in [-0.05, 0) is 35.7 Å². The molecule has 262 valence electrons. The second kappa shape index (κ2) is 16.3. The van der Waals surface area contributed by atoms with Crippen molar-refractivity contribution >= 4 is 49.9 Å². The summed E-state index contributed by atoms with van der Waals surface area (Å²) in [6.45, 7) is 3.30. The Bertz CT molecular complexity index is 2310. The summed E-state index contributed by atoms with van der Waals surface area (Å²) < 4.78 is 56.4. The molecular formula is C38H38BN3O7S2. The van der Waals surface area contributed by atoms with Gasteiger partial charge in [0.05, 0.1) is 4.90 Å². The van der Waals surface area contributed by atoms with Crippen LogP contribution in [0.15, 0.2) is 119 Å². The van der Waals surface area contributed by atoms with Gasteiger partial charge in [-0.15, -0.1) is 0 Å². The van der Waals surface area contributed by atoms with Crippen LogP contribution in [0.2, 0.25) is 0 Å². The van der Waals surface area contributed by atoms with Crippen LogP contribution in [0.3, 0.4) is 0 Å². The molecule has 0 fully saturated rings. The number of sulfonamides is 2. The number of Topliss-reactive ketones (excluding diaryl/α,β-unsaturated/α-hetero) is 2. The molecule has 10 nitrogen and oxygen atoms in total. The Morgan fingerprint density at radius 3 is 1.45 bits per heavy atom. The number of carbonyl (C=O) groups is 2. The fourth-order valence-corrected chi connectivity index (χ4v) is 7.08. The number of ketones is 2. The van der Waals surface area contributed by atoms with Crippen molar-refractivity contribution in [3.8, 4) is 11.1 Å². The van der Waals surface area contributed by atoms with Crippen LogP contribution in [0.5, 0.6) is 0 Å². The number of carbonyl (C=O) groups excluding carboxylic acids is 2. The van der Waals surface area contributed by atoms with Gasteiger partial charge in [-0.3, -0.25) is 4.79 Å². The third-order valence-electron chi connectivity index (χ3n) is 8.09. The molecule has 5 aromatic rings. The number of aryl methyl sites for hydroxylation is 2. The summed E-state index contributed by atoms with van der Waals surface area (Å²) in [4.78, 5) is 27.0. The third kappa shape index (κ3) is 10.2. The van der Waals surface area contributed by atoms with E-state index in [0.29, 0.717) is 40.4 Å². The molecular weight excluding hydrogens is 685 g/mol. The van der Waals surface area contributed by atoms with Crippen molar-refractivity contribution in [2.24, 2.45) is 10.3 Å². The van der Waals surface area contributed by atoms with Crippen LogP contribution in [-0.2, 0) is 37.6 Å². The van der Waals surface area contributed by atoms with Gasteiger partial charge in [0, 0.05) is 37.3 Å². The van der Waals surface area contributed by atoms with Crippen molar-refractivity contribution in [3.05, 3.63) is 143 Å². The van der Waals surface area contributed by atoms with Gasteiger partial charge in [0.15, 0.2) is 5.78 Å². The molecule has 0 bridgehead atoms. The Morgan fingerprint density at radius 2 is 1.06 bits per heavy atom. The first-order valence-corrected chi connectivity index (χ1v) is 18.8. The first-order chi connectivity index (χ1) is 24.0. The summed E-state index contributed by atoms with van der Waals surface area (Å²) in [5, 5.41) is 10.3. The zero-order chi connectivity index (χ0) is 37.5. The summed E-state index contributed by atoms with van der Waals surface area (Å²) in [6, 6.07) is 31.4. The van der Waals surface area contributed by atoms with E-state index >= 15 is 0 Å². The molecule has 0 aliphatic carbocycles. The summed E-state index contributed by atoms with van der Waals surface area (Å²) in [5.74, 6) is -0.139. The molecule has 0 aromatic heterocycles. The van der Waals surface area contributed by atoms with Crippen molar-refractivity contribution in [3.63, 3.8) is 0 Å². The Morgan fingerprint density at radius 1 is 0.627 bits per heavy atom. The third-order valence-corrected chi connectivity index (χ3v) is 10.2. The molecule has 5 rings (SSSR count). The molecule has 0 heterocycles. The molecule has 13 heteroatoms. The molecule has 0 spiro atoms. The van der Waals surface area contributed by atoms with Gasteiger partial charge in [-0.1, -0.05) is 54.6 Å². The number of primary sulfonamides is 2. The van der Waals surface area contributed by atoms with E-state index in [-0.39, 0.29) is 34.2 Å². The number of nitrogens with zero attached hydrogens (tertiary/aromatic N) is 1. The van der Waals surface area contributed by atoms with E-state index < -0.39 is 20.0 Å². The standard InChI is InChI=1S/C23H24N2O3S.C15H14BNO4S/c1-16-14-17(8-13-23(16)29(24,27)28)15-22(26)19-11-9-18(10-12-19)20-6-4-5-7-21(20)25(2)3;1-10-8-11(2-7-15(10)22(17,20)21)9-14(18)12-3-5-13(16-19)6-4-12/h4-14H,15H2,1-3H3,(H2,24,27,28);2-8H,9H2,1H3,(H2,17,20,21). The number of hydrogen-bond acceptors (Lipinski definition) is 8. The van der Waals surface area contributed by atoms with E-state index in [2.05, 4.69) is 17.0 Å². The van der Waals surface area contributed by atoms with Gasteiger partial charge < -0.3 is 4.90 Å². The summed E-state index contributed by atoms with van der Waals surface area (Å²) in [7, 11) is -2.81. The van der Waals surface area contributed by atoms with E-state index in [1.54, 1.807) is 62.4 Å². The molecule has 0 radical (unpaired) electrons. The van der Waals surface area contributed by atoms with Gasteiger partial charge in [0.1, 0.15) is 0 Å². The van der Waals surface area contributed by atoms with Gasteiger partial charge >= 0.3 is 129 Å². The molecule has 0 atom stereocenters. The minimum absolute atomic E-state index is 0.0276. The average Bonchev–Trinajstić information content (AvgIpc) is 3.07. The minimum atomic E-state index is -3.76. The van der Waals surface area contributed by atoms with E-state index in [1.807, 2.05) is 50.5 Å². The van der Waals surface area contributed by atoms with Crippen LogP contribution in [0.1, 0.15) is 43.0 Å². The second-order valence-electron chi connectivity index (χ2n) is 12.2. The monoisotopic (exact) mass is 723 g/mol. The zero-order valence-corrected chi connectivity index (χ0v) is 30.3. The van der Waals surface area contributed by atoms with Crippen molar-refractivity contribution in [2.75, 3.05) is 19.0 Å². The Balaban J connectivity index is 0.000000238. The predicted octanol–water partition coefficient (Wildman–Crippen LogP) is 4.54. The molecule has 0 aliphatic rings. The molecule has 0 saturated carbocycles. The molecule has 0 saturated heterocycles. The Hall–Kier alpha value is -5.08. The van der Waals surface area contributed by atoms with Gasteiger partial charge in [0.25, 0.3) is 0 Å². The number of rotatable bonds is 11. The Labute approximate surface area is 299 Å². The normalized spacial score (nSPS) is 11.2. The van der Waals surface area contributed by atoms with Crippen LogP contribution in [0.25, 0.3) is 11.1 Å². The van der Waals surface area contributed by atoms with E-state index in [4.69, 9.17) is 10.3 Å². The topological polar surface area (TPSA) is 175 Å². The molecule has 4 N–H and O–H groups in total. The first-order valence-electron chi connectivity index (χ1n) is 15.7. The van der Waals surface area contributed by atoms with Crippen LogP contribution in [0.4, 0.5) is 5.69 Å². The van der Waals surface area contributed by atoms with Crippen LogP contribution < -0.4 is 20.6 Å². The van der Waals surface area contributed by atoms with Crippen molar-refractivity contribution < 1.29 is 31.1 Å². The predicted molar refractivity (Wildman–Crippen MR) is 200 cm³/mol. The van der Waals surface area contributed by atoms with Crippen LogP contribution in [-0.4, -0.2) is 49.6 Å². The maximum absolute atomic E-state index is 12.7. The second-order valence-corrected chi connectivity index (χ2v) is 15.3. The van der Waals surface area contributed by atoms with Crippen LogP contribution >= 0.6 is 0 Å². The van der Waals surface area contributed by atoms with Crippen LogP contribution in [0, 0.1) is 13.8 Å². The summed E-state index contributed by atoms with van der Waals surface area (Å²) in [6.07, 6.45) is 0.339. The quantitative estimate of drug-likeness (QED) is 0.148. The van der Waals surface area contributed by atoms with E-state index in [0.717, 1.165) is 22.4 Å². The first kappa shape index (κ1) is 38.7. The van der Waals surface area contributed by atoms with Gasteiger partial charge in [0.2, 0.25) is 10.0 Å². The van der Waals surface area contributed by atoms with E-state index in [9.17, 15) is 31.1 Å². The van der Waals surface area contributed by atoms with Gasteiger partial charge in [-0.25, -0.2) is 13.6 Å². The zero-order valence-electron chi connectivity index (χ0n) is 28.7. The number of anilines is 1. The molecule has 51 heavy (non-hydrogen) atoms. The van der Waals surface area contributed by atoms with Gasteiger partial charge in [-0.2, -0.15) is 0 Å². The number of nitrogens with two attached hydrogens (primary N) is 2. The SMILES string of the molecule is Cc1cc(CC(=O)c2ccc(-c3ccccc3N(C)C)cc2)ccc1S(N)(=O)=O.Cc1cc(CC(=O)c2ccc(B=O)cc2)ccc1S(N)(=O)=O. The number of hydrogen-bond donors (Lipinski definition) is 2. The molecule has 5 aromatic carbocycles. The maximum atomic E-state index is 12.7. The van der Waals surface area contributed by atoms with E-state index in [1.165, 1.54) is 12.1 Å². The summed E-state index contributed by atoms with van der Waals surface area (Å²) >= 11 is 0. The fraction of sp³-hybridized carbons (Fsp3) is 0.158. The molecule has 0 amide bonds. The van der Waals surface area contributed by atoms with Crippen molar-refractivity contribution in [1.29, 1.82) is 0 Å². The number of para-hydroxylation sites is 1. The average molecular weight is 724 g/mol. The van der Waals surface area contributed by atoms with Crippen molar-refractivity contribution in [1.82, 2.24) is 0 Å². The number of benzene rings is 5. The fourth-order valence-electron chi connectivity index (χ4n) is 5.55. The Kier molecular flexibility index (Phi) is 12.4.